The zero-order chi connectivity index (χ0) is 16.0. The molecule has 4 N–H and O–H groups in total. The third-order valence-corrected chi connectivity index (χ3v) is 3.66. The molecule has 1 amide bonds. The van der Waals surface area contributed by atoms with E-state index in [9.17, 15) is 14.9 Å². The van der Waals surface area contributed by atoms with E-state index in [0.717, 1.165) is 0 Å². The van der Waals surface area contributed by atoms with Gasteiger partial charge in [-0.1, -0.05) is 26.0 Å². The van der Waals surface area contributed by atoms with E-state index in [-0.39, 0.29) is 24.1 Å². The number of benzene rings is 1. The first-order valence-corrected chi connectivity index (χ1v) is 6.78. The lowest BCUT2D eigenvalue weighted by Gasteiger charge is -2.33. The summed E-state index contributed by atoms with van der Waals surface area (Å²) in [5.74, 6) is -0.0766. The van der Waals surface area contributed by atoms with Gasteiger partial charge >= 0.3 is 0 Å². The highest BCUT2D eigenvalue weighted by molar-refractivity contribution is 5.82. The number of nitro groups is 1. The van der Waals surface area contributed by atoms with Crippen LogP contribution in [0.2, 0.25) is 0 Å². The fourth-order valence-electron chi connectivity index (χ4n) is 1.75. The Morgan fingerprint density at radius 2 is 2.05 bits per heavy atom. The summed E-state index contributed by atoms with van der Waals surface area (Å²) in [6, 6.07) is 6.20. The standard InChI is InChI=1S/C14H22N4O3/c1-10(2)14(3,9-15)17-13(19)8-16-11-6-4-5-7-12(11)18(20)21/h4-7,10,16H,8-9,15H2,1-3H3,(H,17,19). The second-order valence-corrected chi connectivity index (χ2v) is 5.45. The topological polar surface area (TPSA) is 110 Å². The molecule has 0 aliphatic rings. The van der Waals surface area contributed by atoms with Gasteiger partial charge in [0.25, 0.3) is 5.69 Å². The van der Waals surface area contributed by atoms with E-state index in [1.54, 1.807) is 18.2 Å². The molecule has 0 saturated carbocycles. The van der Waals surface area contributed by atoms with E-state index in [2.05, 4.69) is 10.6 Å². The fraction of sp³-hybridized carbons (Fsp3) is 0.500. The number of carbonyl (C=O) groups excluding carboxylic acids is 1. The van der Waals surface area contributed by atoms with Crippen LogP contribution in [0.25, 0.3) is 0 Å². The summed E-state index contributed by atoms with van der Waals surface area (Å²) >= 11 is 0. The maximum atomic E-state index is 12.0. The number of nitrogens with two attached hydrogens (primary N) is 1. The van der Waals surface area contributed by atoms with E-state index in [4.69, 9.17) is 5.73 Å². The van der Waals surface area contributed by atoms with Gasteiger partial charge in [-0.25, -0.2) is 0 Å². The number of nitrogens with one attached hydrogen (secondary N) is 2. The van der Waals surface area contributed by atoms with Crippen molar-refractivity contribution < 1.29 is 9.72 Å². The minimum atomic E-state index is -0.499. The lowest BCUT2D eigenvalue weighted by atomic mass is 9.88. The Morgan fingerprint density at radius 1 is 1.43 bits per heavy atom. The number of nitro benzene ring substituents is 1. The molecule has 0 bridgehead atoms. The number of hydrogen-bond donors (Lipinski definition) is 3. The van der Waals surface area contributed by atoms with Gasteiger partial charge in [0, 0.05) is 12.6 Å². The van der Waals surface area contributed by atoms with Crippen LogP contribution in [0.3, 0.4) is 0 Å². The second-order valence-electron chi connectivity index (χ2n) is 5.45. The molecule has 0 fully saturated rings. The number of amides is 1. The van der Waals surface area contributed by atoms with Crippen molar-refractivity contribution in [1.29, 1.82) is 0 Å². The molecular weight excluding hydrogens is 272 g/mol. The molecule has 0 aliphatic heterocycles. The molecular formula is C14H22N4O3. The highest BCUT2D eigenvalue weighted by Gasteiger charge is 2.28. The molecule has 116 valence electrons. The molecule has 1 aromatic rings. The summed E-state index contributed by atoms with van der Waals surface area (Å²) in [5, 5.41) is 16.5. The van der Waals surface area contributed by atoms with E-state index < -0.39 is 10.5 Å². The SMILES string of the molecule is CC(C)C(C)(CN)NC(=O)CNc1ccccc1[N+](=O)[O-]. The molecule has 0 heterocycles. The first-order valence-electron chi connectivity index (χ1n) is 6.78. The predicted molar refractivity (Wildman–Crippen MR) is 82.0 cm³/mol. The van der Waals surface area contributed by atoms with Gasteiger partial charge in [-0.2, -0.15) is 0 Å². The quantitative estimate of drug-likeness (QED) is 0.521. The van der Waals surface area contributed by atoms with Gasteiger partial charge in [0.2, 0.25) is 5.91 Å². The number of para-hydroxylation sites is 2. The summed E-state index contributed by atoms with van der Waals surface area (Å²) < 4.78 is 0. The van der Waals surface area contributed by atoms with Crippen LogP contribution in [0.5, 0.6) is 0 Å². The van der Waals surface area contributed by atoms with Crippen LogP contribution in [0, 0.1) is 16.0 Å². The summed E-state index contributed by atoms with van der Waals surface area (Å²) in [6.07, 6.45) is 0. The highest BCUT2D eigenvalue weighted by atomic mass is 16.6. The number of rotatable bonds is 7. The molecule has 0 aromatic heterocycles. The van der Waals surface area contributed by atoms with Gasteiger partial charge in [0.1, 0.15) is 5.69 Å². The van der Waals surface area contributed by atoms with Gasteiger partial charge < -0.3 is 16.4 Å². The average Bonchev–Trinajstić information content (AvgIpc) is 2.44. The summed E-state index contributed by atoms with van der Waals surface area (Å²) in [7, 11) is 0. The van der Waals surface area contributed by atoms with Gasteiger partial charge in [-0.15, -0.1) is 0 Å². The van der Waals surface area contributed by atoms with E-state index in [0.29, 0.717) is 12.2 Å². The Morgan fingerprint density at radius 3 is 2.57 bits per heavy atom. The predicted octanol–water partition coefficient (Wildman–Crippen LogP) is 1.50. The monoisotopic (exact) mass is 294 g/mol. The van der Waals surface area contributed by atoms with E-state index >= 15 is 0 Å². The van der Waals surface area contributed by atoms with Crippen molar-refractivity contribution in [2.24, 2.45) is 11.7 Å². The third kappa shape index (κ3) is 4.42. The maximum Gasteiger partial charge on any atom is 0.292 e. The first-order chi connectivity index (χ1) is 9.80. The summed E-state index contributed by atoms with van der Waals surface area (Å²) in [5.41, 5.74) is 5.46. The smallest absolute Gasteiger partial charge is 0.292 e. The van der Waals surface area contributed by atoms with Crippen molar-refractivity contribution in [3.8, 4) is 0 Å². The van der Waals surface area contributed by atoms with Crippen LogP contribution in [-0.4, -0.2) is 29.5 Å². The molecule has 7 heteroatoms. The van der Waals surface area contributed by atoms with Gasteiger partial charge in [-0.05, 0) is 18.9 Å². The molecule has 1 atom stereocenters. The van der Waals surface area contributed by atoms with E-state index in [1.807, 2.05) is 20.8 Å². The average molecular weight is 294 g/mol. The second kappa shape index (κ2) is 7.03. The largest absolute Gasteiger partial charge is 0.371 e. The minimum absolute atomic E-state index is 0.0484. The van der Waals surface area contributed by atoms with Crippen molar-refractivity contribution in [3.63, 3.8) is 0 Å². The normalized spacial score (nSPS) is 13.6. The van der Waals surface area contributed by atoms with Crippen molar-refractivity contribution in [3.05, 3.63) is 34.4 Å². The minimum Gasteiger partial charge on any atom is -0.371 e. The molecule has 1 unspecified atom stereocenters. The van der Waals surface area contributed by atoms with E-state index in [1.165, 1.54) is 6.07 Å². The zero-order valence-electron chi connectivity index (χ0n) is 12.6. The molecule has 1 rings (SSSR count). The number of nitrogens with zero attached hydrogens (tertiary/aromatic N) is 1. The Kier molecular flexibility index (Phi) is 5.66. The Labute approximate surface area is 124 Å². The zero-order valence-corrected chi connectivity index (χ0v) is 12.6. The lowest BCUT2D eigenvalue weighted by Crippen LogP contribution is -2.56. The van der Waals surface area contributed by atoms with Gasteiger partial charge in [-0.3, -0.25) is 14.9 Å². The molecule has 0 spiro atoms. The lowest BCUT2D eigenvalue weighted by molar-refractivity contribution is -0.383. The van der Waals surface area contributed by atoms with Crippen molar-refractivity contribution in [2.75, 3.05) is 18.4 Å². The Hall–Kier alpha value is -2.15. The molecule has 1 aromatic carbocycles. The third-order valence-electron chi connectivity index (χ3n) is 3.66. The van der Waals surface area contributed by atoms with Crippen LogP contribution >= 0.6 is 0 Å². The van der Waals surface area contributed by atoms with Gasteiger partial charge in [0.15, 0.2) is 0 Å². The molecule has 0 saturated heterocycles. The van der Waals surface area contributed by atoms with Crippen LogP contribution in [0.15, 0.2) is 24.3 Å². The Bertz CT molecular complexity index is 519. The van der Waals surface area contributed by atoms with Gasteiger partial charge in [0.05, 0.1) is 17.0 Å². The molecule has 0 radical (unpaired) electrons. The molecule has 7 nitrogen and oxygen atoms in total. The highest BCUT2D eigenvalue weighted by Crippen LogP contribution is 2.22. The van der Waals surface area contributed by atoms with Crippen LogP contribution in [0.4, 0.5) is 11.4 Å². The van der Waals surface area contributed by atoms with Crippen LogP contribution < -0.4 is 16.4 Å². The first kappa shape index (κ1) is 16.9. The Balaban J connectivity index is 2.68. The molecule has 0 aliphatic carbocycles. The van der Waals surface area contributed by atoms with Crippen molar-refractivity contribution in [1.82, 2.24) is 5.32 Å². The summed E-state index contributed by atoms with van der Waals surface area (Å²) in [4.78, 5) is 22.4. The number of hydrogen-bond acceptors (Lipinski definition) is 5. The van der Waals surface area contributed by atoms with Crippen molar-refractivity contribution in [2.45, 2.75) is 26.3 Å². The molecule has 21 heavy (non-hydrogen) atoms. The number of anilines is 1. The van der Waals surface area contributed by atoms with Crippen LogP contribution in [-0.2, 0) is 4.79 Å². The fourth-order valence-corrected chi connectivity index (χ4v) is 1.75. The van der Waals surface area contributed by atoms with Crippen LogP contribution in [0.1, 0.15) is 20.8 Å². The summed E-state index contributed by atoms with van der Waals surface area (Å²) in [6.45, 7) is 6.10. The maximum absolute atomic E-state index is 12.0. The number of carbonyl (C=O) groups is 1. The van der Waals surface area contributed by atoms with Crippen molar-refractivity contribution >= 4 is 17.3 Å².